The fraction of sp³-hybridized carbons (Fsp3) is 0.355. The first-order chi connectivity index (χ1) is 21.8. The maximum Gasteiger partial charge on any atom is 0.411 e. The number of piperazine rings is 1. The zero-order chi connectivity index (χ0) is 31.4. The van der Waals surface area contributed by atoms with Gasteiger partial charge < -0.3 is 10.1 Å². The van der Waals surface area contributed by atoms with E-state index in [9.17, 15) is 18.0 Å². The van der Waals surface area contributed by atoms with Gasteiger partial charge in [0.15, 0.2) is 5.82 Å². The molecule has 0 bridgehead atoms. The number of alkyl halides is 3. The number of aromatic nitrogens is 5. The first-order valence-electron chi connectivity index (χ1n) is 14.8. The van der Waals surface area contributed by atoms with Gasteiger partial charge in [0.05, 0.1) is 36.7 Å². The number of carbonyl (C=O) groups excluding carboxylic acids is 1. The summed E-state index contributed by atoms with van der Waals surface area (Å²) in [6.45, 7) is 3.95. The van der Waals surface area contributed by atoms with Crippen LogP contribution in [0.15, 0.2) is 67.3 Å². The Hall–Kier alpha value is -4.69. The van der Waals surface area contributed by atoms with E-state index in [0.717, 1.165) is 27.7 Å². The average molecular weight is 622 g/mol. The lowest BCUT2D eigenvalue weighted by Crippen LogP contribution is -2.49. The van der Waals surface area contributed by atoms with Crippen LogP contribution in [0.1, 0.15) is 18.1 Å². The molecule has 1 aliphatic rings. The number of nitrogens with one attached hydrogen (secondary N) is 2. The van der Waals surface area contributed by atoms with Crippen molar-refractivity contribution in [3.63, 3.8) is 0 Å². The average Bonchev–Trinajstić information content (AvgIpc) is 3.58. The largest absolute Gasteiger partial charge is 0.448 e. The molecule has 0 radical (unpaired) electrons. The molecule has 0 aliphatic carbocycles. The smallest absolute Gasteiger partial charge is 0.411 e. The maximum absolute atomic E-state index is 12.7. The molecule has 2 aromatic carbocycles. The van der Waals surface area contributed by atoms with Crippen LogP contribution in [0, 0.1) is 0 Å². The van der Waals surface area contributed by atoms with E-state index in [2.05, 4.69) is 37.9 Å². The minimum absolute atomic E-state index is 0.122. The van der Waals surface area contributed by atoms with Crippen molar-refractivity contribution in [2.75, 3.05) is 56.5 Å². The highest BCUT2D eigenvalue weighted by Gasteiger charge is 2.32. The van der Waals surface area contributed by atoms with Crippen LogP contribution >= 0.6 is 0 Å². The lowest BCUT2D eigenvalue weighted by atomic mass is 10.2. The van der Waals surface area contributed by atoms with Crippen molar-refractivity contribution in [2.24, 2.45) is 0 Å². The van der Waals surface area contributed by atoms with Crippen molar-refractivity contribution in [3.05, 3.63) is 78.4 Å². The molecule has 5 aromatic rings. The summed E-state index contributed by atoms with van der Waals surface area (Å²) in [6, 6.07) is 16.2. The molecule has 0 unspecified atom stereocenters. The van der Waals surface area contributed by atoms with E-state index in [-0.39, 0.29) is 6.61 Å². The second kappa shape index (κ2) is 13.1. The van der Waals surface area contributed by atoms with Crippen LogP contribution in [0.2, 0.25) is 0 Å². The summed E-state index contributed by atoms with van der Waals surface area (Å²) in [6.07, 6.45) is 0.795. The van der Waals surface area contributed by atoms with Crippen molar-refractivity contribution >= 4 is 39.7 Å². The number of hydrogen-bond donors (Lipinski definition) is 2. The van der Waals surface area contributed by atoms with Gasteiger partial charge in [0.2, 0.25) is 0 Å². The molecule has 1 fully saturated rings. The van der Waals surface area contributed by atoms with Gasteiger partial charge in [0.1, 0.15) is 18.5 Å². The monoisotopic (exact) mass is 621 g/mol. The summed E-state index contributed by atoms with van der Waals surface area (Å²) in [4.78, 5) is 20.5. The van der Waals surface area contributed by atoms with Gasteiger partial charge in [-0.2, -0.15) is 23.4 Å². The summed E-state index contributed by atoms with van der Waals surface area (Å²) in [5.74, 6) is 0.587. The molecular formula is C31H34F3N9O2. The molecule has 0 saturated carbocycles. The zero-order valence-electron chi connectivity index (χ0n) is 24.8. The summed E-state index contributed by atoms with van der Waals surface area (Å²) in [5, 5.41) is 16.1. The highest BCUT2D eigenvalue weighted by Crippen LogP contribution is 2.30. The van der Waals surface area contributed by atoms with Crippen LogP contribution in [0.25, 0.3) is 16.4 Å². The zero-order valence-corrected chi connectivity index (χ0v) is 24.8. The van der Waals surface area contributed by atoms with E-state index in [4.69, 9.17) is 4.74 Å². The Morgan fingerprint density at radius 3 is 2.56 bits per heavy atom. The van der Waals surface area contributed by atoms with Gasteiger partial charge in [-0.1, -0.05) is 37.3 Å². The predicted molar refractivity (Wildman–Crippen MR) is 165 cm³/mol. The Morgan fingerprint density at radius 1 is 1.02 bits per heavy atom. The van der Waals surface area contributed by atoms with E-state index in [0.29, 0.717) is 57.2 Å². The SMILES string of the molecule is CCc1c(NC(=O)OCCN2CCN(CC(F)(F)F)CC2)cn2ncnc(Nc3ccc4c(cnn4Cc4ccccc4)c3)c12. The topological polar surface area (TPSA) is 105 Å². The third-order valence-corrected chi connectivity index (χ3v) is 7.86. The van der Waals surface area contributed by atoms with Crippen LogP contribution in [-0.4, -0.2) is 92.3 Å². The quantitative estimate of drug-likeness (QED) is 0.220. The summed E-state index contributed by atoms with van der Waals surface area (Å²) in [5.41, 5.74) is 5.15. The van der Waals surface area contributed by atoms with Crippen LogP contribution in [0.4, 0.5) is 35.2 Å². The van der Waals surface area contributed by atoms with E-state index in [1.807, 2.05) is 59.1 Å². The molecular weight excluding hydrogens is 587 g/mol. The Morgan fingerprint density at radius 2 is 1.80 bits per heavy atom. The Bertz CT molecular complexity index is 1760. The molecule has 0 atom stereocenters. The Labute approximate surface area is 257 Å². The van der Waals surface area contributed by atoms with Crippen molar-refractivity contribution in [1.82, 2.24) is 34.2 Å². The van der Waals surface area contributed by atoms with Gasteiger partial charge in [-0.15, -0.1) is 0 Å². The summed E-state index contributed by atoms with van der Waals surface area (Å²) < 4.78 is 46.9. The molecule has 1 amide bonds. The van der Waals surface area contributed by atoms with Crippen LogP contribution in [-0.2, 0) is 17.7 Å². The minimum Gasteiger partial charge on any atom is -0.448 e. The lowest BCUT2D eigenvalue weighted by molar-refractivity contribution is -0.149. The third kappa shape index (κ3) is 7.35. The molecule has 236 valence electrons. The standard InChI is InChI=1S/C31H34F3N9O2/c1-2-25-26(39-30(44)45-15-14-40-10-12-41(13-11-40)20-31(32,33)34)19-43-28(25)29(35-21-37-43)38-24-8-9-27-23(16-24)17-36-42(27)18-22-6-4-3-5-7-22/h3-9,16-17,19,21H,2,10-15,18,20H2,1H3,(H,39,44)(H,35,37,38). The van der Waals surface area contributed by atoms with Crippen LogP contribution in [0.5, 0.6) is 0 Å². The fourth-order valence-corrected chi connectivity index (χ4v) is 5.65. The fourth-order valence-electron chi connectivity index (χ4n) is 5.65. The van der Waals surface area contributed by atoms with Gasteiger partial charge in [0, 0.05) is 49.4 Å². The Balaban J connectivity index is 1.08. The minimum atomic E-state index is -4.20. The van der Waals surface area contributed by atoms with Gasteiger partial charge in [0.25, 0.3) is 0 Å². The normalized spacial score (nSPS) is 14.7. The molecule has 1 saturated heterocycles. The third-order valence-electron chi connectivity index (χ3n) is 7.86. The van der Waals surface area contributed by atoms with Crippen molar-refractivity contribution in [3.8, 4) is 0 Å². The highest BCUT2D eigenvalue weighted by molar-refractivity contribution is 5.91. The molecule has 0 spiro atoms. The van der Waals surface area contributed by atoms with Crippen molar-refractivity contribution in [2.45, 2.75) is 26.1 Å². The van der Waals surface area contributed by atoms with Gasteiger partial charge in [-0.05, 0) is 30.2 Å². The number of benzene rings is 2. The number of anilines is 3. The van der Waals surface area contributed by atoms with Crippen LogP contribution < -0.4 is 10.6 Å². The number of halogens is 3. The number of fused-ring (bicyclic) bond motifs is 2. The maximum atomic E-state index is 12.7. The Kier molecular flexibility index (Phi) is 8.85. The second-order valence-corrected chi connectivity index (χ2v) is 11.0. The first-order valence-corrected chi connectivity index (χ1v) is 14.8. The number of carbonyl (C=O) groups is 1. The number of nitrogens with zero attached hydrogens (tertiary/aromatic N) is 7. The highest BCUT2D eigenvalue weighted by atomic mass is 19.4. The first kappa shape index (κ1) is 30.3. The number of aryl methyl sites for hydroxylation is 1. The molecule has 6 rings (SSSR count). The molecule has 1 aliphatic heterocycles. The van der Waals surface area contributed by atoms with Gasteiger partial charge >= 0.3 is 12.3 Å². The van der Waals surface area contributed by atoms with Crippen LogP contribution in [0.3, 0.4) is 0 Å². The molecule has 4 heterocycles. The summed E-state index contributed by atoms with van der Waals surface area (Å²) >= 11 is 0. The van der Waals surface area contributed by atoms with E-state index >= 15 is 0 Å². The number of hydrogen-bond acceptors (Lipinski definition) is 8. The van der Waals surface area contributed by atoms with Gasteiger partial charge in [-0.25, -0.2) is 14.3 Å². The van der Waals surface area contributed by atoms with E-state index in [1.165, 1.54) is 16.8 Å². The molecule has 2 N–H and O–H groups in total. The van der Waals surface area contributed by atoms with E-state index < -0.39 is 18.8 Å². The summed E-state index contributed by atoms with van der Waals surface area (Å²) in [7, 11) is 0. The number of amides is 1. The van der Waals surface area contributed by atoms with Crippen molar-refractivity contribution < 1.29 is 22.7 Å². The predicted octanol–water partition coefficient (Wildman–Crippen LogP) is 5.16. The molecule has 14 heteroatoms. The molecule has 11 nitrogen and oxygen atoms in total. The number of rotatable bonds is 10. The number of ether oxygens (including phenoxy) is 1. The lowest BCUT2D eigenvalue weighted by Gasteiger charge is -2.34. The van der Waals surface area contributed by atoms with Gasteiger partial charge in [-0.3, -0.25) is 19.8 Å². The second-order valence-electron chi connectivity index (χ2n) is 11.0. The van der Waals surface area contributed by atoms with Crippen molar-refractivity contribution in [1.29, 1.82) is 0 Å². The molecule has 45 heavy (non-hydrogen) atoms. The van der Waals surface area contributed by atoms with E-state index in [1.54, 1.807) is 10.7 Å². The molecule has 3 aromatic heterocycles.